The van der Waals surface area contributed by atoms with Crippen molar-refractivity contribution in [3.63, 3.8) is 0 Å². The van der Waals surface area contributed by atoms with Gasteiger partial charge in [0.05, 0.1) is 32.1 Å². The molecule has 60 heavy (non-hydrogen) atoms. The maximum atomic E-state index is 12.4. The number of hydrogen-bond donors (Lipinski definition) is 3. The lowest BCUT2D eigenvalue weighted by Gasteiger charge is -2.12. The maximum Gasteiger partial charge on any atom is 0.263 e. The fourth-order valence-electron chi connectivity index (χ4n) is 5.22. The third-order valence-electron chi connectivity index (χ3n) is 8.46. The molecule has 318 valence electrons. The van der Waals surface area contributed by atoms with Crippen molar-refractivity contribution in [2.45, 2.75) is 56.2 Å². The molecular formula is C42H39Cl6N3O6S3. The molecule has 0 amide bonds. The zero-order valence-electron chi connectivity index (χ0n) is 32.8. The third-order valence-corrected chi connectivity index (χ3v) is 14.7. The van der Waals surface area contributed by atoms with E-state index in [0.717, 1.165) is 33.4 Å². The molecule has 6 rings (SSSR count). The number of nitrogens with one attached hydrogen (secondary N) is 3. The van der Waals surface area contributed by atoms with Crippen molar-refractivity contribution >= 4 is 117 Å². The van der Waals surface area contributed by atoms with E-state index in [4.69, 9.17) is 69.6 Å². The number of anilines is 3. The first-order valence-corrected chi connectivity index (χ1v) is 24.3. The van der Waals surface area contributed by atoms with Crippen LogP contribution < -0.4 is 14.2 Å². The van der Waals surface area contributed by atoms with E-state index in [0.29, 0.717) is 32.1 Å². The van der Waals surface area contributed by atoms with E-state index in [1.807, 2.05) is 77.9 Å². The first-order chi connectivity index (χ1) is 27.9. The first-order valence-electron chi connectivity index (χ1n) is 17.5. The summed E-state index contributed by atoms with van der Waals surface area (Å²) in [6, 6.07) is 29.5. The van der Waals surface area contributed by atoms with Crippen LogP contribution in [-0.2, 0) is 30.1 Å². The zero-order valence-corrected chi connectivity index (χ0v) is 39.8. The Balaban J connectivity index is 0.000000198. The van der Waals surface area contributed by atoms with E-state index in [1.54, 1.807) is 18.2 Å². The lowest BCUT2D eigenvalue weighted by atomic mass is 10.1. The molecule has 0 saturated carbocycles. The Bertz CT molecular complexity index is 2580. The molecule has 0 atom stereocenters. The van der Waals surface area contributed by atoms with Gasteiger partial charge < -0.3 is 0 Å². The predicted octanol–water partition coefficient (Wildman–Crippen LogP) is 13.2. The van der Waals surface area contributed by atoms with Gasteiger partial charge in [-0.3, -0.25) is 14.2 Å². The summed E-state index contributed by atoms with van der Waals surface area (Å²) in [7, 11) is -11.2. The highest BCUT2D eigenvalue weighted by Crippen LogP contribution is 2.31. The highest BCUT2D eigenvalue weighted by Gasteiger charge is 2.21. The van der Waals surface area contributed by atoms with E-state index in [2.05, 4.69) is 14.2 Å². The van der Waals surface area contributed by atoms with Crippen LogP contribution in [0, 0.1) is 41.5 Å². The van der Waals surface area contributed by atoms with Crippen LogP contribution in [0.15, 0.2) is 124 Å². The summed E-state index contributed by atoms with van der Waals surface area (Å²) >= 11 is 35.2. The molecule has 9 nitrogen and oxygen atoms in total. The standard InChI is InChI=1S/3C14H13Cl2NO2S/c3*1-9-3-4-10(2)13(7-9)17-20(18,19)14-6-5-11(15)8-12(14)16/h3*3-8,17H,1-2H3. The zero-order chi connectivity index (χ0) is 44.7. The first kappa shape index (κ1) is 49.0. The van der Waals surface area contributed by atoms with Gasteiger partial charge in [0.25, 0.3) is 30.1 Å². The second-order valence-corrected chi connectivity index (χ2v) is 21.0. The van der Waals surface area contributed by atoms with Crippen molar-refractivity contribution in [2.24, 2.45) is 0 Å². The highest BCUT2D eigenvalue weighted by atomic mass is 35.5. The summed E-state index contributed by atoms with van der Waals surface area (Å²) in [5.41, 5.74) is 7.03. The van der Waals surface area contributed by atoms with Crippen LogP contribution in [-0.4, -0.2) is 25.3 Å². The summed E-state index contributed by atoms with van der Waals surface area (Å²) in [4.78, 5) is 0.0124. The van der Waals surface area contributed by atoms with E-state index in [1.165, 1.54) is 54.6 Å². The summed E-state index contributed by atoms with van der Waals surface area (Å²) in [5, 5.41) is 1.45. The Labute approximate surface area is 382 Å². The largest absolute Gasteiger partial charge is 0.279 e. The molecule has 0 spiro atoms. The average molecular weight is 991 g/mol. The number of benzene rings is 6. The Morgan fingerprint density at radius 2 is 0.567 bits per heavy atom. The molecule has 0 unspecified atom stereocenters. The van der Waals surface area contributed by atoms with Crippen LogP contribution in [0.5, 0.6) is 0 Å². The second-order valence-electron chi connectivity index (χ2n) is 13.5. The molecule has 3 N–H and O–H groups in total. The van der Waals surface area contributed by atoms with Crippen LogP contribution in [0.25, 0.3) is 0 Å². The van der Waals surface area contributed by atoms with E-state index < -0.39 is 30.1 Å². The Morgan fingerprint density at radius 1 is 0.333 bits per heavy atom. The molecule has 0 aliphatic carbocycles. The minimum Gasteiger partial charge on any atom is -0.279 e. The lowest BCUT2D eigenvalue weighted by molar-refractivity contribution is 0.599. The molecule has 0 aliphatic rings. The summed E-state index contributed by atoms with van der Waals surface area (Å²) in [5.74, 6) is 0. The molecule has 0 saturated heterocycles. The molecule has 0 heterocycles. The molecule has 0 aliphatic heterocycles. The lowest BCUT2D eigenvalue weighted by Crippen LogP contribution is -2.14. The molecule has 0 aromatic heterocycles. The van der Waals surface area contributed by atoms with Gasteiger partial charge >= 0.3 is 0 Å². The molecule has 0 radical (unpaired) electrons. The van der Waals surface area contributed by atoms with Gasteiger partial charge in [-0.05, 0) is 148 Å². The quantitative estimate of drug-likeness (QED) is 0.132. The van der Waals surface area contributed by atoms with E-state index in [9.17, 15) is 25.3 Å². The minimum absolute atomic E-state index is 0.00414. The summed E-state index contributed by atoms with van der Waals surface area (Å²) in [6.45, 7) is 11.2. The molecule has 0 bridgehead atoms. The van der Waals surface area contributed by atoms with Gasteiger partial charge in [-0.25, -0.2) is 25.3 Å². The highest BCUT2D eigenvalue weighted by molar-refractivity contribution is 7.93. The maximum absolute atomic E-state index is 12.4. The smallest absolute Gasteiger partial charge is 0.263 e. The number of aryl methyl sites for hydroxylation is 6. The van der Waals surface area contributed by atoms with Gasteiger partial charge in [0, 0.05) is 15.1 Å². The Morgan fingerprint density at radius 3 is 0.783 bits per heavy atom. The average Bonchev–Trinajstić information content (AvgIpc) is 3.12. The van der Waals surface area contributed by atoms with Crippen molar-refractivity contribution < 1.29 is 25.3 Å². The van der Waals surface area contributed by atoms with Crippen LogP contribution in [0.4, 0.5) is 17.1 Å². The van der Waals surface area contributed by atoms with Gasteiger partial charge in [-0.1, -0.05) is 106 Å². The number of sulfonamides is 3. The molecule has 18 heteroatoms. The van der Waals surface area contributed by atoms with Crippen LogP contribution in [0.2, 0.25) is 30.1 Å². The Kier molecular flexibility index (Phi) is 16.7. The van der Waals surface area contributed by atoms with Gasteiger partial charge in [0.1, 0.15) is 14.7 Å². The van der Waals surface area contributed by atoms with Crippen LogP contribution in [0.1, 0.15) is 33.4 Å². The SMILES string of the molecule is Cc1ccc(C)c(NS(=O)(=O)c2ccc(Cl)cc2Cl)c1.Cc1ccc(C)c(NS(=O)(=O)c2ccc(Cl)cc2Cl)c1.Cc1ccc(C)c(NS(=O)(=O)c2ccc(Cl)cc2Cl)c1. The van der Waals surface area contributed by atoms with Crippen molar-refractivity contribution in [1.82, 2.24) is 0 Å². The van der Waals surface area contributed by atoms with Crippen molar-refractivity contribution in [3.05, 3.63) is 173 Å². The van der Waals surface area contributed by atoms with Crippen LogP contribution >= 0.6 is 69.6 Å². The number of halogens is 6. The molecule has 6 aromatic rings. The Hall–Kier alpha value is -3.69. The van der Waals surface area contributed by atoms with Crippen molar-refractivity contribution in [2.75, 3.05) is 14.2 Å². The molecule has 0 fully saturated rings. The van der Waals surface area contributed by atoms with Crippen molar-refractivity contribution in [3.8, 4) is 0 Å². The summed E-state index contributed by atoms with van der Waals surface area (Å²) < 4.78 is 81.8. The van der Waals surface area contributed by atoms with Gasteiger partial charge in [0.2, 0.25) is 0 Å². The number of rotatable bonds is 9. The topological polar surface area (TPSA) is 139 Å². The number of hydrogen-bond acceptors (Lipinski definition) is 6. The fourth-order valence-corrected chi connectivity index (χ4v) is 10.9. The van der Waals surface area contributed by atoms with Gasteiger partial charge in [-0.2, -0.15) is 0 Å². The normalized spacial score (nSPS) is 11.4. The van der Waals surface area contributed by atoms with Gasteiger partial charge in [-0.15, -0.1) is 0 Å². The molecular weight excluding hydrogens is 951 g/mol. The second kappa shape index (κ2) is 20.5. The predicted molar refractivity (Wildman–Crippen MR) is 250 cm³/mol. The monoisotopic (exact) mass is 987 g/mol. The van der Waals surface area contributed by atoms with Crippen molar-refractivity contribution in [1.29, 1.82) is 0 Å². The third kappa shape index (κ3) is 13.4. The summed E-state index contributed by atoms with van der Waals surface area (Å²) in [6.07, 6.45) is 0. The minimum atomic E-state index is -3.74. The fraction of sp³-hybridized carbons (Fsp3) is 0.143. The molecule has 6 aromatic carbocycles. The van der Waals surface area contributed by atoms with E-state index in [-0.39, 0.29) is 29.8 Å². The van der Waals surface area contributed by atoms with Gasteiger partial charge in [0.15, 0.2) is 0 Å². The van der Waals surface area contributed by atoms with E-state index >= 15 is 0 Å². The van der Waals surface area contributed by atoms with Crippen LogP contribution in [0.3, 0.4) is 0 Å².